The number of hydrogen-bond donors (Lipinski definition) is 1. The lowest BCUT2D eigenvalue weighted by Crippen LogP contribution is -2.32. The highest BCUT2D eigenvalue weighted by atomic mass is 32.1. The first-order valence-corrected chi connectivity index (χ1v) is 7.55. The van der Waals surface area contributed by atoms with Crippen LogP contribution in [0.3, 0.4) is 0 Å². The Labute approximate surface area is 124 Å². The highest BCUT2D eigenvalue weighted by molar-refractivity contribution is 7.09. The first-order valence-electron chi connectivity index (χ1n) is 6.67. The van der Waals surface area contributed by atoms with Crippen LogP contribution in [0.1, 0.15) is 16.5 Å². The molecule has 0 aliphatic rings. The SMILES string of the molecule is COc1ccc(C(CN)N(C)CCc2cccs2)cn1. The summed E-state index contributed by atoms with van der Waals surface area (Å²) in [4.78, 5) is 7.94. The van der Waals surface area contributed by atoms with Crippen molar-refractivity contribution in [3.63, 3.8) is 0 Å². The Balaban J connectivity index is 1.98. The smallest absolute Gasteiger partial charge is 0.212 e. The summed E-state index contributed by atoms with van der Waals surface area (Å²) in [6.07, 6.45) is 2.90. The van der Waals surface area contributed by atoms with Crippen molar-refractivity contribution >= 4 is 11.3 Å². The number of thiophene rings is 1. The zero-order valence-corrected chi connectivity index (χ0v) is 12.8. The van der Waals surface area contributed by atoms with Crippen molar-refractivity contribution in [3.8, 4) is 5.88 Å². The molecule has 4 nitrogen and oxygen atoms in total. The van der Waals surface area contributed by atoms with Gasteiger partial charge in [0.2, 0.25) is 5.88 Å². The lowest BCUT2D eigenvalue weighted by Gasteiger charge is -2.27. The van der Waals surface area contributed by atoms with Gasteiger partial charge in [-0.05, 0) is 30.5 Å². The van der Waals surface area contributed by atoms with Gasteiger partial charge in [0.25, 0.3) is 0 Å². The molecule has 0 spiro atoms. The van der Waals surface area contributed by atoms with E-state index in [4.69, 9.17) is 10.5 Å². The van der Waals surface area contributed by atoms with Crippen molar-refractivity contribution in [2.45, 2.75) is 12.5 Å². The number of pyridine rings is 1. The fraction of sp³-hybridized carbons (Fsp3) is 0.400. The number of rotatable bonds is 7. The van der Waals surface area contributed by atoms with E-state index in [1.807, 2.05) is 18.3 Å². The van der Waals surface area contributed by atoms with Gasteiger partial charge in [-0.2, -0.15) is 0 Å². The average molecular weight is 291 g/mol. The molecule has 0 saturated carbocycles. The molecule has 2 rings (SSSR count). The Kier molecular flexibility index (Phi) is 5.52. The maximum Gasteiger partial charge on any atom is 0.212 e. The van der Waals surface area contributed by atoms with Crippen molar-refractivity contribution in [2.24, 2.45) is 5.73 Å². The van der Waals surface area contributed by atoms with Gasteiger partial charge < -0.3 is 10.5 Å². The Hall–Kier alpha value is -1.43. The molecule has 0 aromatic carbocycles. The van der Waals surface area contributed by atoms with E-state index >= 15 is 0 Å². The van der Waals surface area contributed by atoms with Gasteiger partial charge in [0, 0.05) is 36.3 Å². The highest BCUT2D eigenvalue weighted by Crippen LogP contribution is 2.20. The standard InChI is InChI=1S/C15H21N3OS/c1-18(8-7-13-4-3-9-20-13)14(10-16)12-5-6-15(19-2)17-11-12/h3-6,9,11,14H,7-8,10,16H2,1-2H3. The number of ether oxygens (including phenoxy) is 1. The molecule has 108 valence electrons. The lowest BCUT2D eigenvalue weighted by molar-refractivity contribution is 0.253. The summed E-state index contributed by atoms with van der Waals surface area (Å²) in [6.45, 7) is 1.56. The minimum absolute atomic E-state index is 0.188. The third-order valence-corrected chi connectivity index (χ3v) is 4.34. The minimum Gasteiger partial charge on any atom is -0.481 e. The lowest BCUT2D eigenvalue weighted by atomic mass is 10.1. The topological polar surface area (TPSA) is 51.4 Å². The summed E-state index contributed by atoms with van der Waals surface area (Å²) in [5, 5.41) is 2.11. The molecular weight excluding hydrogens is 270 g/mol. The number of nitrogens with two attached hydrogens (primary N) is 1. The van der Waals surface area contributed by atoms with Gasteiger partial charge in [-0.1, -0.05) is 12.1 Å². The van der Waals surface area contributed by atoms with Gasteiger partial charge in [0.15, 0.2) is 0 Å². The van der Waals surface area contributed by atoms with Gasteiger partial charge in [-0.25, -0.2) is 4.98 Å². The number of methoxy groups -OCH3 is 1. The molecular formula is C15H21N3OS. The van der Waals surface area contributed by atoms with Crippen molar-refractivity contribution in [3.05, 3.63) is 46.3 Å². The van der Waals surface area contributed by atoms with Gasteiger partial charge in [0.05, 0.1) is 7.11 Å². The van der Waals surface area contributed by atoms with E-state index in [9.17, 15) is 0 Å². The van der Waals surface area contributed by atoms with Crippen LogP contribution in [0.2, 0.25) is 0 Å². The molecule has 5 heteroatoms. The average Bonchev–Trinajstić information content (AvgIpc) is 3.00. The molecule has 0 bridgehead atoms. The molecule has 0 fully saturated rings. The molecule has 1 atom stereocenters. The Bertz CT molecular complexity index is 498. The van der Waals surface area contributed by atoms with Crippen LogP contribution < -0.4 is 10.5 Å². The van der Waals surface area contributed by atoms with E-state index in [1.54, 1.807) is 18.4 Å². The highest BCUT2D eigenvalue weighted by Gasteiger charge is 2.16. The van der Waals surface area contributed by atoms with Crippen LogP contribution in [0.5, 0.6) is 5.88 Å². The number of likely N-dealkylation sites (N-methyl/N-ethyl adjacent to an activating group) is 1. The summed E-state index contributed by atoms with van der Waals surface area (Å²) in [5.41, 5.74) is 7.05. The third-order valence-electron chi connectivity index (χ3n) is 3.40. The summed E-state index contributed by atoms with van der Waals surface area (Å²) in [5.74, 6) is 0.630. The Morgan fingerprint density at radius 1 is 1.40 bits per heavy atom. The van der Waals surface area contributed by atoms with Crippen molar-refractivity contribution < 1.29 is 4.74 Å². The molecule has 0 saturated heterocycles. The molecule has 0 aliphatic heterocycles. The van der Waals surface area contributed by atoms with Gasteiger partial charge in [-0.15, -0.1) is 11.3 Å². The van der Waals surface area contributed by atoms with Crippen molar-refractivity contribution in [1.29, 1.82) is 0 Å². The van der Waals surface area contributed by atoms with E-state index in [1.165, 1.54) is 4.88 Å². The molecule has 2 N–H and O–H groups in total. The summed E-state index contributed by atoms with van der Waals surface area (Å²) >= 11 is 1.80. The quantitative estimate of drug-likeness (QED) is 0.850. The molecule has 1 unspecified atom stereocenters. The molecule has 2 aromatic rings. The molecule has 2 heterocycles. The maximum absolute atomic E-state index is 5.93. The van der Waals surface area contributed by atoms with Crippen LogP contribution in [-0.2, 0) is 6.42 Å². The number of nitrogens with zero attached hydrogens (tertiary/aromatic N) is 2. The van der Waals surface area contributed by atoms with Crippen LogP contribution in [0.25, 0.3) is 0 Å². The van der Waals surface area contributed by atoms with Crippen LogP contribution in [-0.4, -0.2) is 37.1 Å². The van der Waals surface area contributed by atoms with Crippen LogP contribution in [0, 0.1) is 0 Å². The summed E-state index contributed by atoms with van der Waals surface area (Å²) < 4.78 is 5.08. The molecule has 0 amide bonds. The third kappa shape index (κ3) is 3.79. The van der Waals surface area contributed by atoms with E-state index in [2.05, 4.69) is 34.4 Å². The number of aromatic nitrogens is 1. The van der Waals surface area contributed by atoms with E-state index in [0.717, 1.165) is 18.5 Å². The first-order chi connectivity index (χ1) is 9.74. The second kappa shape index (κ2) is 7.38. The van der Waals surface area contributed by atoms with Gasteiger partial charge >= 0.3 is 0 Å². The largest absolute Gasteiger partial charge is 0.481 e. The van der Waals surface area contributed by atoms with Gasteiger partial charge in [0.1, 0.15) is 0 Å². The Morgan fingerprint density at radius 2 is 2.25 bits per heavy atom. The zero-order chi connectivity index (χ0) is 14.4. The summed E-state index contributed by atoms with van der Waals surface area (Å²) in [6, 6.07) is 8.36. The number of hydrogen-bond acceptors (Lipinski definition) is 5. The van der Waals surface area contributed by atoms with Crippen LogP contribution in [0.15, 0.2) is 35.8 Å². The predicted octanol–water partition coefficient (Wildman–Crippen LogP) is 2.33. The first kappa shape index (κ1) is 15.0. The van der Waals surface area contributed by atoms with Crippen molar-refractivity contribution in [2.75, 3.05) is 27.2 Å². The van der Waals surface area contributed by atoms with E-state index in [-0.39, 0.29) is 6.04 Å². The second-order valence-electron chi connectivity index (χ2n) is 4.70. The van der Waals surface area contributed by atoms with E-state index < -0.39 is 0 Å². The monoisotopic (exact) mass is 291 g/mol. The van der Waals surface area contributed by atoms with Crippen LogP contribution >= 0.6 is 11.3 Å². The zero-order valence-electron chi connectivity index (χ0n) is 12.0. The molecule has 0 radical (unpaired) electrons. The maximum atomic E-state index is 5.93. The molecule has 20 heavy (non-hydrogen) atoms. The van der Waals surface area contributed by atoms with Gasteiger partial charge in [-0.3, -0.25) is 4.90 Å². The molecule has 0 aliphatic carbocycles. The summed E-state index contributed by atoms with van der Waals surface area (Å²) in [7, 11) is 3.73. The van der Waals surface area contributed by atoms with Crippen LogP contribution in [0.4, 0.5) is 0 Å². The predicted molar refractivity (Wildman–Crippen MR) is 83.2 cm³/mol. The molecule has 2 aromatic heterocycles. The normalized spacial score (nSPS) is 12.6. The fourth-order valence-electron chi connectivity index (χ4n) is 2.18. The van der Waals surface area contributed by atoms with Crippen molar-refractivity contribution in [1.82, 2.24) is 9.88 Å². The van der Waals surface area contributed by atoms with E-state index in [0.29, 0.717) is 12.4 Å². The Morgan fingerprint density at radius 3 is 2.80 bits per heavy atom. The minimum atomic E-state index is 0.188. The fourth-order valence-corrected chi connectivity index (χ4v) is 2.88. The second-order valence-corrected chi connectivity index (χ2v) is 5.73.